The second-order valence-corrected chi connectivity index (χ2v) is 7.24. The van der Waals surface area contributed by atoms with Crippen LogP contribution in [0, 0.1) is 11.8 Å². The van der Waals surface area contributed by atoms with Gasteiger partial charge < -0.3 is 0 Å². The molecule has 1 nitrogen and oxygen atoms in total. The van der Waals surface area contributed by atoms with E-state index in [-0.39, 0.29) is 5.92 Å². The van der Waals surface area contributed by atoms with E-state index >= 15 is 0 Å². The molecule has 0 fully saturated rings. The van der Waals surface area contributed by atoms with E-state index in [1.165, 1.54) is 38.5 Å². The second-order valence-electron chi connectivity index (χ2n) is 7.24. The lowest BCUT2D eigenvalue weighted by Gasteiger charge is -2.02. The zero-order chi connectivity index (χ0) is 24.1. The quantitative estimate of drug-likeness (QED) is 0.210. The average molecular weight is 409 g/mol. The van der Waals surface area contributed by atoms with Crippen LogP contribution in [-0.2, 0) is 4.79 Å². The van der Waals surface area contributed by atoms with Crippen molar-refractivity contribution >= 4 is 6.29 Å². The molecule has 0 heterocycles. The summed E-state index contributed by atoms with van der Waals surface area (Å²) in [7, 11) is 0. The Morgan fingerprint density at radius 3 is 1.45 bits per heavy atom. The summed E-state index contributed by atoms with van der Waals surface area (Å²) in [5.41, 5.74) is 1.58. The van der Waals surface area contributed by atoms with E-state index in [0.29, 0.717) is 0 Å². The van der Waals surface area contributed by atoms with Crippen LogP contribution in [0.4, 0.5) is 0 Å². The number of hydrogen-bond acceptors (Lipinski definition) is 1. The lowest BCUT2D eigenvalue weighted by Crippen LogP contribution is -1.95. The zero-order valence-corrected chi connectivity index (χ0v) is 22.1. The van der Waals surface area contributed by atoms with Gasteiger partial charge in [0.15, 0.2) is 0 Å². The van der Waals surface area contributed by atoms with E-state index in [9.17, 15) is 4.79 Å². The molecule has 0 spiro atoms. The van der Waals surface area contributed by atoms with Crippen LogP contribution in [0.15, 0.2) is 48.6 Å². The van der Waals surface area contributed by atoms with Crippen LogP contribution in [0.3, 0.4) is 0 Å². The molecule has 0 atom stereocenters. The minimum atomic E-state index is 0.242. The van der Waals surface area contributed by atoms with Gasteiger partial charge in [0.2, 0.25) is 0 Å². The molecular formula is C28H56O. The van der Waals surface area contributed by atoms with Crippen LogP contribution in [0.5, 0.6) is 0 Å². The Morgan fingerprint density at radius 2 is 1.28 bits per heavy atom. The molecule has 174 valence electrons. The van der Waals surface area contributed by atoms with E-state index in [2.05, 4.69) is 61.6 Å². The van der Waals surface area contributed by atoms with Gasteiger partial charge in [-0.05, 0) is 29.1 Å². The van der Waals surface area contributed by atoms with Crippen LogP contribution >= 0.6 is 0 Å². The summed E-state index contributed by atoms with van der Waals surface area (Å²) in [6.07, 6.45) is 16.0. The Labute approximate surface area is 186 Å². The Bertz CT molecular complexity index is 366. The standard InChI is InChI=1S/C12H16O.2C5H12.C4H10.C2H6/c1-5-6-7-11(4)8-12(9-13)10(2)3;1-4-5(2)3;1-3-5-4-2;1-3-4-2;1-2/h5-10H,1,4H2,2-3H3;5H,4H2,1-3H3;3-5H2,1-2H3;3-4H2,1-2H3;1-2H3/b7-6-,12-8+;;;;. The molecule has 0 rings (SSSR count). The molecule has 0 saturated carbocycles. The molecule has 0 aromatic carbocycles. The highest BCUT2D eigenvalue weighted by Gasteiger charge is 2.00. The van der Waals surface area contributed by atoms with E-state index in [1.807, 2.05) is 33.8 Å². The van der Waals surface area contributed by atoms with Gasteiger partial charge in [-0.1, -0.05) is 146 Å². The summed E-state index contributed by atoms with van der Waals surface area (Å²) in [5.74, 6) is 1.13. The van der Waals surface area contributed by atoms with Crippen molar-refractivity contribution in [3.63, 3.8) is 0 Å². The maximum absolute atomic E-state index is 10.6. The van der Waals surface area contributed by atoms with Gasteiger partial charge in [-0.15, -0.1) is 0 Å². The predicted molar refractivity (Wildman–Crippen MR) is 140 cm³/mol. The van der Waals surface area contributed by atoms with Crippen LogP contribution in [0.1, 0.15) is 115 Å². The first-order valence-electron chi connectivity index (χ1n) is 11.9. The number of carbonyl (C=O) groups is 1. The first-order valence-corrected chi connectivity index (χ1v) is 11.9. The van der Waals surface area contributed by atoms with Crippen molar-refractivity contribution in [1.82, 2.24) is 0 Å². The van der Waals surface area contributed by atoms with Crippen LogP contribution in [0.2, 0.25) is 0 Å². The van der Waals surface area contributed by atoms with Gasteiger partial charge in [0.1, 0.15) is 6.29 Å². The molecule has 0 aliphatic carbocycles. The SMILES string of the molecule is C=C/C=C\C(=C)/C=C(\C=O)C(C)C.CC.CCC(C)C.CCCC.CCCCC. The maximum Gasteiger partial charge on any atom is 0.146 e. The lowest BCUT2D eigenvalue weighted by molar-refractivity contribution is -0.105. The second kappa shape index (κ2) is 37.4. The Hall–Kier alpha value is -1.37. The monoisotopic (exact) mass is 408 g/mol. The normalized spacial score (nSPS) is 9.76. The predicted octanol–water partition coefficient (Wildman–Crippen LogP) is 10.1. The lowest BCUT2D eigenvalue weighted by atomic mass is 10.0. The van der Waals surface area contributed by atoms with Crippen molar-refractivity contribution in [3.8, 4) is 0 Å². The molecule has 0 aromatic heterocycles. The third-order valence-corrected chi connectivity index (χ3v) is 3.62. The highest BCUT2D eigenvalue weighted by Crippen LogP contribution is 2.09. The molecule has 0 aliphatic heterocycles. The molecule has 0 N–H and O–H groups in total. The third kappa shape index (κ3) is 52.0. The van der Waals surface area contributed by atoms with E-state index in [0.717, 1.165) is 23.4 Å². The molecule has 0 bridgehead atoms. The smallest absolute Gasteiger partial charge is 0.146 e. The molecule has 29 heavy (non-hydrogen) atoms. The fourth-order valence-corrected chi connectivity index (χ4v) is 1.14. The van der Waals surface area contributed by atoms with Gasteiger partial charge in [0.25, 0.3) is 0 Å². The van der Waals surface area contributed by atoms with Gasteiger partial charge in [-0.2, -0.15) is 0 Å². The van der Waals surface area contributed by atoms with Crippen LogP contribution in [-0.4, -0.2) is 6.29 Å². The highest BCUT2D eigenvalue weighted by molar-refractivity contribution is 5.75. The molecule has 0 radical (unpaired) electrons. The summed E-state index contributed by atoms with van der Waals surface area (Å²) < 4.78 is 0. The zero-order valence-electron chi connectivity index (χ0n) is 22.1. The third-order valence-electron chi connectivity index (χ3n) is 3.62. The molecule has 0 unspecified atom stereocenters. The van der Waals surface area contributed by atoms with Crippen molar-refractivity contribution in [2.24, 2.45) is 11.8 Å². The van der Waals surface area contributed by atoms with Crippen molar-refractivity contribution in [2.45, 2.75) is 115 Å². The van der Waals surface area contributed by atoms with E-state index in [1.54, 1.807) is 18.2 Å². The Balaban J connectivity index is -0.0000000992. The highest BCUT2D eigenvalue weighted by atomic mass is 16.1. The number of unbranched alkanes of at least 4 members (excludes halogenated alkanes) is 3. The van der Waals surface area contributed by atoms with Gasteiger partial charge in [-0.3, -0.25) is 4.79 Å². The first kappa shape index (κ1) is 38.3. The first-order chi connectivity index (χ1) is 13.7. The van der Waals surface area contributed by atoms with Crippen LogP contribution < -0.4 is 0 Å². The van der Waals surface area contributed by atoms with Crippen LogP contribution in [0.25, 0.3) is 0 Å². The van der Waals surface area contributed by atoms with Gasteiger partial charge >= 0.3 is 0 Å². The molecule has 0 aromatic rings. The number of allylic oxidation sites excluding steroid dienone is 6. The molecule has 1 heteroatoms. The van der Waals surface area contributed by atoms with Crippen molar-refractivity contribution in [3.05, 3.63) is 48.6 Å². The van der Waals surface area contributed by atoms with E-state index < -0.39 is 0 Å². The number of aldehydes is 1. The van der Waals surface area contributed by atoms with Gasteiger partial charge in [0, 0.05) is 0 Å². The topological polar surface area (TPSA) is 17.1 Å². The van der Waals surface area contributed by atoms with E-state index in [4.69, 9.17) is 0 Å². The van der Waals surface area contributed by atoms with Crippen molar-refractivity contribution in [1.29, 1.82) is 0 Å². The number of hydrogen-bond donors (Lipinski definition) is 0. The number of rotatable bonds is 9. The van der Waals surface area contributed by atoms with Gasteiger partial charge in [0.05, 0.1) is 0 Å². The minimum absolute atomic E-state index is 0.242. The maximum atomic E-state index is 10.6. The molecule has 0 aliphatic rings. The molecule has 0 amide bonds. The fraction of sp³-hybridized carbons (Fsp3) is 0.679. The minimum Gasteiger partial charge on any atom is -0.298 e. The van der Waals surface area contributed by atoms with Crippen molar-refractivity contribution in [2.75, 3.05) is 0 Å². The summed E-state index contributed by atoms with van der Waals surface area (Å²) in [6, 6.07) is 0. The fourth-order valence-electron chi connectivity index (χ4n) is 1.14. The summed E-state index contributed by atoms with van der Waals surface area (Å²) in [5, 5.41) is 0. The summed E-state index contributed by atoms with van der Waals surface area (Å²) in [6.45, 7) is 30.7. The number of carbonyl (C=O) groups excluding carboxylic acids is 1. The molecular weight excluding hydrogens is 352 g/mol. The largest absolute Gasteiger partial charge is 0.298 e. The summed E-state index contributed by atoms with van der Waals surface area (Å²) >= 11 is 0. The average Bonchev–Trinajstić information content (AvgIpc) is 2.73. The van der Waals surface area contributed by atoms with Crippen molar-refractivity contribution < 1.29 is 4.79 Å². The summed E-state index contributed by atoms with van der Waals surface area (Å²) in [4.78, 5) is 10.6. The van der Waals surface area contributed by atoms with Gasteiger partial charge in [-0.25, -0.2) is 0 Å². The molecule has 0 saturated heterocycles. The Morgan fingerprint density at radius 1 is 0.862 bits per heavy atom. The Kier molecular flexibility index (Phi) is 49.3.